The van der Waals surface area contributed by atoms with Crippen molar-refractivity contribution in [2.45, 2.75) is 33.0 Å². The second kappa shape index (κ2) is 7.99. The first kappa shape index (κ1) is 20.6. The number of benzene rings is 2. The van der Waals surface area contributed by atoms with Crippen LogP contribution >= 0.6 is 0 Å². The van der Waals surface area contributed by atoms with Gasteiger partial charge in [0.15, 0.2) is 0 Å². The smallest absolute Gasteiger partial charge is 0.262 e. The van der Waals surface area contributed by atoms with Crippen molar-refractivity contribution in [1.29, 1.82) is 0 Å². The summed E-state index contributed by atoms with van der Waals surface area (Å²) in [5.74, 6) is 0. The van der Waals surface area contributed by atoms with Gasteiger partial charge < -0.3 is 14.2 Å². The molecule has 0 amide bonds. The molecule has 1 saturated heterocycles. The lowest BCUT2D eigenvalue weighted by atomic mass is 9.99. The molecule has 0 aliphatic carbocycles. The molecule has 0 bridgehead atoms. The molecule has 1 aliphatic rings. The Hall–Kier alpha value is -3.31. The highest BCUT2D eigenvalue weighted by molar-refractivity contribution is 5.97. The second-order valence-corrected chi connectivity index (χ2v) is 8.90. The molecule has 0 spiro atoms. The van der Waals surface area contributed by atoms with Gasteiger partial charge in [0.25, 0.3) is 5.56 Å². The number of hydrogen-bond acceptors (Lipinski definition) is 3. The van der Waals surface area contributed by atoms with E-state index in [4.69, 9.17) is 4.74 Å². The molecular weight excluding hydrogens is 398 g/mol. The van der Waals surface area contributed by atoms with Crippen molar-refractivity contribution in [2.75, 3.05) is 18.0 Å². The van der Waals surface area contributed by atoms with E-state index >= 15 is 0 Å². The number of ether oxygens (including phenoxy) is 1. The zero-order valence-electron chi connectivity index (χ0n) is 19.1. The van der Waals surface area contributed by atoms with Gasteiger partial charge in [0, 0.05) is 65.9 Å². The van der Waals surface area contributed by atoms with Crippen molar-refractivity contribution in [3.05, 3.63) is 82.9 Å². The van der Waals surface area contributed by atoms with Crippen LogP contribution < -0.4 is 10.5 Å². The van der Waals surface area contributed by atoms with Crippen LogP contribution in [0.3, 0.4) is 0 Å². The van der Waals surface area contributed by atoms with Crippen molar-refractivity contribution in [3.63, 3.8) is 0 Å². The Morgan fingerprint density at radius 1 is 0.906 bits per heavy atom. The minimum Gasteiger partial charge on any atom is -0.372 e. The monoisotopic (exact) mass is 427 g/mol. The highest BCUT2D eigenvalue weighted by Gasteiger charge is 2.22. The van der Waals surface area contributed by atoms with Crippen molar-refractivity contribution >= 4 is 16.5 Å². The van der Waals surface area contributed by atoms with Gasteiger partial charge in [0.1, 0.15) is 0 Å². The molecule has 0 unspecified atom stereocenters. The van der Waals surface area contributed by atoms with Crippen LogP contribution in [-0.4, -0.2) is 34.4 Å². The van der Waals surface area contributed by atoms with E-state index < -0.39 is 0 Å². The Morgan fingerprint density at radius 2 is 1.59 bits per heavy atom. The molecule has 164 valence electrons. The summed E-state index contributed by atoms with van der Waals surface area (Å²) in [5, 5.41) is 1.76. The summed E-state index contributed by atoms with van der Waals surface area (Å²) in [6, 6.07) is 18.4. The van der Waals surface area contributed by atoms with Crippen LogP contribution in [0.4, 0.5) is 5.69 Å². The number of fused-ring (bicyclic) bond motifs is 1. The second-order valence-electron chi connectivity index (χ2n) is 8.90. The number of pyridine rings is 1. The number of aromatic nitrogens is 2. The van der Waals surface area contributed by atoms with Gasteiger partial charge in [-0.2, -0.15) is 0 Å². The molecule has 2 atom stereocenters. The minimum absolute atomic E-state index is 0.00280. The molecule has 1 fully saturated rings. The van der Waals surface area contributed by atoms with Gasteiger partial charge in [-0.15, -0.1) is 0 Å². The maximum atomic E-state index is 13.5. The molecule has 2 aromatic carbocycles. The van der Waals surface area contributed by atoms with E-state index in [1.807, 2.05) is 49.8 Å². The van der Waals surface area contributed by atoms with E-state index in [1.54, 1.807) is 4.57 Å². The zero-order chi connectivity index (χ0) is 22.4. The van der Waals surface area contributed by atoms with Crippen molar-refractivity contribution in [2.24, 2.45) is 7.05 Å². The quantitative estimate of drug-likeness (QED) is 0.466. The summed E-state index contributed by atoms with van der Waals surface area (Å²) in [6.45, 7) is 8.05. The topological polar surface area (TPSA) is 39.4 Å². The number of anilines is 1. The third-order valence-electron chi connectivity index (χ3n) is 6.36. The van der Waals surface area contributed by atoms with Crippen molar-refractivity contribution in [1.82, 2.24) is 9.13 Å². The third-order valence-corrected chi connectivity index (χ3v) is 6.36. The molecule has 0 N–H and O–H groups in total. The molecule has 1 aliphatic heterocycles. The first-order valence-electron chi connectivity index (χ1n) is 11.2. The molecule has 0 radical (unpaired) electrons. The molecule has 0 saturated carbocycles. The predicted molar refractivity (Wildman–Crippen MR) is 131 cm³/mol. The first-order valence-corrected chi connectivity index (χ1v) is 11.2. The summed E-state index contributed by atoms with van der Waals surface area (Å²) in [4.78, 5) is 15.8. The fourth-order valence-corrected chi connectivity index (χ4v) is 4.96. The van der Waals surface area contributed by atoms with Gasteiger partial charge in [-0.25, -0.2) is 0 Å². The first-order chi connectivity index (χ1) is 15.4. The van der Waals surface area contributed by atoms with E-state index in [2.05, 4.69) is 54.5 Å². The fourth-order valence-electron chi connectivity index (χ4n) is 4.96. The van der Waals surface area contributed by atoms with Crippen LogP contribution in [-0.2, 0) is 11.8 Å². The molecule has 3 heterocycles. The summed E-state index contributed by atoms with van der Waals surface area (Å²) in [6.07, 6.45) is 4.41. The van der Waals surface area contributed by atoms with E-state index in [1.165, 1.54) is 0 Å². The van der Waals surface area contributed by atoms with Gasteiger partial charge in [0.05, 0.1) is 12.2 Å². The number of rotatable bonds is 3. The lowest BCUT2D eigenvalue weighted by molar-refractivity contribution is -0.00521. The van der Waals surface area contributed by atoms with Crippen molar-refractivity contribution in [3.8, 4) is 16.9 Å². The maximum absolute atomic E-state index is 13.5. The van der Waals surface area contributed by atoms with Crippen LogP contribution in [0.5, 0.6) is 0 Å². The molecule has 5 rings (SSSR count). The molecule has 4 aromatic rings. The number of hydrogen-bond donors (Lipinski definition) is 0. The Kier molecular flexibility index (Phi) is 5.14. The van der Waals surface area contributed by atoms with Crippen LogP contribution in [0, 0.1) is 6.92 Å². The van der Waals surface area contributed by atoms with Crippen LogP contribution in [0.25, 0.3) is 27.7 Å². The maximum Gasteiger partial charge on any atom is 0.262 e. The van der Waals surface area contributed by atoms with E-state index in [9.17, 15) is 4.79 Å². The van der Waals surface area contributed by atoms with Gasteiger partial charge in [0.2, 0.25) is 0 Å². The van der Waals surface area contributed by atoms with Gasteiger partial charge in [-0.3, -0.25) is 9.36 Å². The molecular formula is C27H29N3O2. The average molecular weight is 428 g/mol. The lowest BCUT2D eigenvalue weighted by Crippen LogP contribution is -2.45. The summed E-state index contributed by atoms with van der Waals surface area (Å²) >= 11 is 0. The summed E-state index contributed by atoms with van der Waals surface area (Å²) in [7, 11) is 2.03. The fraction of sp³-hybridized carbons (Fsp3) is 0.296. The highest BCUT2D eigenvalue weighted by Crippen LogP contribution is 2.30. The van der Waals surface area contributed by atoms with E-state index in [0.717, 1.165) is 52.1 Å². The van der Waals surface area contributed by atoms with Crippen LogP contribution in [0.15, 0.2) is 71.8 Å². The van der Waals surface area contributed by atoms with Gasteiger partial charge in [-0.1, -0.05) is 12.1 Å². The molecule has 32 heavy (non-hydrogen) atoms. The Balaban J connectivity index is 1.56. The normalized spacial score (nSPS) is 18.9. The molecule has 2 aromatic heterocycles. The Labute approximate surface area is 188 Å². The SMILES string of the molecule is Cc1cn(-c2ccc(N3C[C@@H](C)O[C@@H](C)C3)cc2)c(=O)c2cccc(-c3cccn3C)c12. The summed E-state index contributed by atoms with van der Waals surface area (Å²) in [5.41, 5.74) is 5.31. The number of nitrogens with zero attached hydrogens (tertiary/aromatic N) is 3. The zero-order valence-corrected chi connectivity index (χ0v) is 19.1. The minimum atomic E-state index is 0.00280. The van der Waals surface area contributed by atoms with Crippen LogP contribution in [0.1, 0.15) is 19.4 Å². The molecule has 5 heteroatoms. The Bertz CT molecular complexity index is 1320. The van der Waals surface area contributed by atoms with E-state index in [-0.39, 0.29) is 17.8 Å². The highest BCUT2D eigenvalue weighted by atomic mass is 16.5. The number of morpholine rings is 1. The summed E-state index contributed by atoms with van der Waals surface area (Å²) < 4.78 is 9.71. The molecule has 5 nitrogen and oxygen atoms in total. The largest absolute Gasteiger partial charge is 0.372 e. The standard InChI is InChI=1S/C27H29N3O2/c1-18-15-30(22-12-10-21(11-13-22)29-16-19(2)32-20(3)17-29)27(31)24-8-5-7-23(26(18)24)25-9-6-14-28(25)4/h5-15,19-20H,16-17H2,1-4H3/t19-,20+. The third kappa shape index (κ3) is 3.53. The van der Waals surface area contributed by atoms with Gasteiger partial charge in [-0.05, 0) is 68.8 Å². The average Bonchev–Trinajstić information content (AvgIpc) is 3.21. The Morgan fingerprint density at radius 3 is 2.25 bits per heavy atom. The van der Waals surface area contributed by atoms with E-state index in [0.29, 0.717) is 0 Å². The lowest BCUT2D eigenvalue weighted by Gasteiger charge is -2.36. The van der Waals surface area contributed by atoms with Crippen LogP contribution in [0.2, 0.25) is 0 Å². The van der Waals surface area contributed by atoms with Crippen molar-refractivity contribution < 1.29 is 4.74 Å². The predicted octanol–water partition coefficient (Wildman–Crippen LogP) is 4.92. The van der Waals surface area contributed by atoms with Gasteiger partial charge >= 0.3 is 0 Å². The number of aryl methyl sites for hydroxylation is 2.